The predicted octanol–water partition coefficient (Wildman–Crippen LogP) is -0.707. The highest BCUT2D eigenvalue weighted by molar-refractivity contribution is 6.50. The number of hydrogen-bond donors (Lipinski definition) is 1. The van der Waals surface area contributed by atoms with Gasteiger partial charge in [0.05, 0.1) is 26.5 Å². The van der Waals surface area contributed by atoms with Gasteiger partial charge < -0.3 is 17.3 Å². The molecular formula is C12H17BF4N5O2+. The molecule has 0 aliphatic heterocycles. The smallest absolute Gasteiger partial charge is 0.418 e. The fraction of sp³-hybridized carbons (Fsp3) is 0.333. The maximum atomic E-state index is 12.2. The molecule has 0 fully saturated rings. The van der Waals surface area contributed by atoms with Gasteiger partial charge in [0.15, 0.2) is 0 Å². The van der Waals surface area contributed by atoms with Crippen molar-refractivity contribution in [3.8, 4) is 0 Å². The second-order valence-corrected chi connectivity index (χ2v) is 5.44. The molecule has 0 unspecified atom stereocenters. The monoisotopic (exact) mass is 350 g/mol. The van der Waals surface area contributed by atoms with Crippen molar-refractivity contribution in [2.24, 2.45) is 0 Å². The van der Waals surface area contributed by atoms with E-state index in [4.69, 9.17) is 4.84 Å². The summed E-state index contributed by atoms with van der Waals surface area (Å²) in [6.45, 7) is 0. The molecule has 12 heteroatoms. The summed E-state index contributed by atoms with van der Waals surface area (Å²) in [6.07, 6.45) is 0. The molecule has 24 heavy (non-hydrogen) atoms. The van der Waals surface area contributed by atoms with Crippen LogP contribution in [-0.4, -0.2) is 61.1 Å². The Hall–Kier alpha value is -2.50. The van der Waals surface area contributed by atoms with E-state index < -0.39 is 7.25 Å². The second-order valence-electron chi connectivity index (χ2n) is 5.44. The molecule has 1 aromatic carbocycles. The first-order chi connectivity index (χ1) is 10.9. The number of fused-ring (bicyclic) bond motifs is 1. The summed E-state index contributed by atoms with van der Waals surface area (Å²) in [7, 11) is 1.44. The van der Waals surface area contributed by atoms with Crippen LogP contribution < -0.4 is 15.4 Å². The number of aromatic nitrogens is 3. The minimum atomic E-state index is -6.00. The number of quaternary nitrogens is 1. The lowest BCUT2D eigenvalue weighted by Gasteiger charge is -2.17. The first-order valence-corrected chi connectivity index (χ1v) is 6.70. The normalized spacial score (nSPS) is 12.6. The van der Waals surface area contributed by atoms with E-state index in [1.54, 1.807) is 31.3 Å². The van der Waals surface area contributed by atoms with E-state index >= 15 is 0 Å². The summed E-state index contributed by atoms with van der Waals surface area (Å²) in [4.78, 5) is 21.5. The van der Waals surface area contributed by atoms with Gasteiger partial charge in [0.2, 0.25) is 0 Å². The summed E-state index contributed by atoms with van der Waals surface area (Å²) in [5, 5.41) is 8.19. The van der Waals surface area contributed by atoms with Gasteiger partial charge in [-0.2, -0.15) is 4.99 Å². The van der Waals surface area contributed by atoms with E-state index in [1.807, 2.05) is 21.1 Å². The molecule has 0 spiro atoms. The quantitative estimate of drug-likeness (QED) is 0.243. The van der Waals surface area contributed by atoms with Gasteiger partial charge in [-0.05, 0) is 22.2 Å². The van der Waals surface area contributed by atoms with Gasteiger partial charge in [-0.25, -0.2) is 9.32 Å². The lowest BCUT2D eigenvalue weighted by atomic mass is 10.2. The Labute approximate surface area is 134 Å². The highest BCUT2D eigenvalue weighted by Gasteiger charge is 2.28. The van der Waals surface area contributed by atoms with Gasteiger partial charge in [0, 0.05) is 0 Å². The van der Waals surface area contributed by atoms with Crippen molar-refractivity contribution in [2.45, 2.75) is 0 Å². The van der Waals surface area contributed by atoms with Crippen LogP contribution in [0.15, 0.2) is 29.1 Å². The molecule has 0 amide bonds. The Morgan fingerprint density at radius 1 is 1.21 bits per heavy atom. The Balaban J connectivity index is 0.000000505. The Morgan fingerprint density at radius 3 is 2.25 bits per heavy atom. The van der Waals surface area contributed by atoms with Crippen molar-refractivity contribution < 1.29 is 31.6 Å². The molecule has 0 bridgehead atoms. The highest BCUT2D eigenvalue weighted by Crippen LogP contribution is 2.06. The summed E-state index contributed by atoms with van der Waals surface area (Å²) < 4.78 is 39.4. The molecule has 2 rings (SSSR count). The molecule has 0 saturated heterocycles. The van der Waals surface area contributed by atoms with E-state index in [0.717, 1.165) is 4.85 Å². The number of halogens is 4. The van der Waals surface area contributed by atoms with Gasteiger partial charge >= 0.3 is 18.8 Å². The highest BCUT2D eigenvalue weighted by atomic mass is 19.5. The van der Waals surface area contributed by atoms with E-state index in [1.165, 1.54) is 0 Å². The standard InChI is InChI=1S/C12H16N5O2.BF4/c1-13-12(17(2,3)4)19-16-11(18)9-7-5-6-8-10(9)14-15-16;2-1(3,4)5/h5-8H,1-4H3;/q+1;-1/p+1. The Kier molecular flexibility index (Phi) is 6.01. The zero-order valence-electron chi connectivity index (χ0n) is 13.5. The van der Waals surface area contributed by atoms with Gasteiger partial charge in [-0.15, -0.1) is 5.10 Å². The van der Waals surface area contributed by atoms with Gasteiger partial charge in [0.25, 0.3) is 0 Å². The van der Waals surface area contributed by atoms with Crippen molar-refractivity contribution in [3.05, 3.63) is 34.6 Å². The van der Waals surface area contributed by atoms with E-state index in [-0.39, 0.29) is 5.56 Å². The molecular weight excluding hydrogens is 333 g/mol. The number of nitrogens with one attached hydrogen (secondary N) is 1. The van der Waals surface area contributed by atoms with Crippen LogP contribution in [0.3, 0.4) is 0 Å². The molecule has 0 aliphatic carbocycles. The van der Waals surface area contributed by atoms with Crippen LogP contribution in [-0.2, 0) is 0 Å². The minimum absolute atomic E-state index is 0.341. The topological polar surface area (TPSA) is 71.0 Å². The van der Waals surface area contributed by atoms with E-state index in [9.17, 15) is 22.1 Å². The van der Waals surface area contributed by atoms with Crippen LogP contribution in [0.4, 0.5) is 17.3 Å². The van der Waals surface area contributed by atoms with E-state index in [2.05, 4.69) is 15.3 Å². The number of nitrogens with zero attached hydrogens (tertiary/aromatic N) is 4. The molecule has 7 nitrogen and oxygen atoms in total. The van der Waals surface area contributed by atoms with Crippen LogP contribution >= 0.6 is 0 Å². The maximum Gasteiger partial charge on any atom is 0.673 e. The zero-order chi connectivity index (χ0) is 18.5. The first-order valence-electron chi connectivity index (χ1n) is 6.70. The molecule has 0 atom stereocenters. The minimum Gasteiger partial charge on any atom is -0.418 e. The van der Waals surface area contributed by atoms with Gasteiger partial charge in [-0.3, -0.25) is 4.79 Å². The second kappa shape index (κ2) is 7.38. The Morgan fingerprint density at radius 2 is 1.75 bits per heavy atom. The van der Waals surface area contributed by atoms with Gasteiger partial charge in [-0.1, -0.05) is 12.1 Å². The molecule has 2 aromatic rings. The summed E-state index contributed by atoms with van der Waals surface area (Å²) in [5.41, 5.74) is 0.204. The Bertz CT molecular complexity index is 779. The van der Waals surface area contributed by atoms with Crippen molar-refractivity contribution in [1.82, 2.24) is 15.2 Å². The fourth-order valence-corrected chi connectivity index (χ4v) is 1.62. The van der Waals surface area contributed by atoms with Crippen molar-refractivity contribution in [3.63, 3.8) is 0 Å². The average Bonchev–Trinajstić information content (AvgIpc) is 2.44. The SMILES string of the molecule is C[NH+]=C(On1nnc2ccccc2c1=O)[N+](C)(C)C.F[B-](F)(F)F. The molecule has 1 heterocycles. The third kappa shape index (κ3) is 5.95. The van der Waals surface area contributed by atoms with Crippen LogP contribution in [0.1, 0.15) is 0 Å². The predicted molar refractivity (Wildman–Crippen MR) is 80.5 cm³/mol. The third-order valence-corrected chi connectivity index (χ3v) is 2.54. The van der Waals surface area contributed by atoms with E-state index in [0.29, 0.717) is 21.4 Å². The molecule has 132 valence electrons. The molecule has 1 N–H and O–H groups in total. The number of benzene rings is 1. The van der Waals surface area contributed by atoms with Crippen LogP contribution in [0, 0.1) is 0 Å². The zero-order valence-corrected chi connectivity index (χ0v) is 13.5. The van der Waals surface area contributed by atoms with Crippen molar-refractivity contribution in [2.75, 3.05) is 28.2 Å². The number of hydrogen-bond acceptors (Lipinski definition) is 4. The number of rotatable bonds is 1. The summed E-state index contributed by atoms with van der Waals surface area (Å²) in [5.74, 6) is 0. The van der Waals surface area contributed by atoms with Crippen molar-refractivity contribution >= 4 is 24.2 Å². The average molecular weight is 350 g/mol. The largest absolute Gasteiger partial charge is 0.673 e. The molecule has 0 radical (unpaired) electrons. The fourth-order valence-electron chi connectivity index (χ4n) is 1.62. The molecule has 0 aliphatic rings. The third-order valence-electron chi connectivity index (χ3n) is 2.54. The van der Waals surface area contributed by atoms with Gasteiger partial charge in [0.1, 0.15) is 12.6 Å². The van der Waals surface area contributed by atoms with Crippen LogP contribution in [0.2, 0.25) is 0 Å². The lowest BCUT2D eigenvalue weighted by Crippen LogP contribution is -2.77. The van der Waals surface area contributed by atoms with Crippen LogP contribution in [0.5, 0.6) is 0 Å². The summed E-state index contributed by atoms with van der Waals surface area (Å²) in [6, 6.07) is 7.48. The number of amidine groups is 1. The molecule has 0 saturated carbocycles. The maximum absolute atomic E-state index is 12.2. The first kappa shape index (κ1) is 19.6. The summed E-state index contributed by atoms with van der Waals surface area (Å²) >= 11 is 0. The lowest BCUT2D eigenvalue weighted by molar-refractivity contribution is -0.814. The van der Waals surface area contributed by atoms with Crippen LogP contribution in [0.25, 0.3) is 10.9 Å². The molecule has 1 aromatic heterocycles. The van der Waals surface area contributed by atoms with Crippen molar-refractivity contribution in [1.29, 1.82) is 0 Å².